The highest BCUT2D eigenvalue weighted by atomic mass is 16.5. The molecular weight excluding hydrogens is 743 g/mol. The number of carbonyl (C=O) groups excluding carboxylic acids is 2. The van der Waals surface area contributed by atoms with Crippen LogP contribution >= 0.6 is 0 Å². The van der Waals surface area contributed by atoms with Crippen LogP contribution in [0.4, 0.5) is 0 Å². The fraction of sp³-hybridized carbons (Fsp3) is 0.704. The van der Waals surface area contributed by atoms with Gasteiger partial charge in [0, 0.05) is 12.8 Å². The third-order valence-electron chi connectivity index (χ3n) is 10.7. The van der Waals surface area contributed by atoms with Gasteiger partial charge in [-0.3, -0.25) is 9.59 Å². The molecule has 6 heteroatoms. The Balaban J connectivity index is 4.73. The summed E-state index contributed by atoms with van der Waals surface area (Å²) in [6.07, 6.45) is 60.9. The first-order chi connectivity index (χ1) is 29.5. The summed E-state index contributed by atoms with van der Waals surface area (Å²) in [6.45, 7) is 6.28. The predicted molar refractivity (Wildman–Crippen MR) is 259 cm³/mol. The molecule has 0 fully saturated rings. The molecule has 0 aromatic rings. The van der Waals surface area contributed by atoms with E-state index in [1.165, 1.54) is 89.9 Å². The number of ether oxygens (including phenoxy) is 1. The fourth-order valence-corrected chi connectivity index (χ4v) is 6.95. The molecule has 3 unspecified atom stereocenters. The molecule has 6 nitrogen and oxygen atoms in total. The molecule has 0 saturated heterocycles. The summed E-state index contributed by atoms with van der Waals surface area (Å²) in [7, 11) is 0. The lowest BCUT2D eigenvalue weighted by atomic mass is 10.0. The van der Waals surface area contributed by atoms with Gasteiger partial charge in [-0.1, -0.05) is 209 Å². The van der Waals surface area contributed by atoms with Gasteiger partial charge in [-0.05, 0) is 77.0 Å². The number of rotatable bonds is 43. The molecule has 0 aromatic heterocycles. The van der Waals surface area contributed by atoms with Gasteiger partial charge in [0.2, 0.25) is 5.91 Å². The van der Waals surface area contributed by atoms with Crippen molar-refractivity contribution >= 4 is 11.9 Å². The smallest absolute Gasteiger partial charge is 0.306 e. The average Bonchev–Trinajstić information content (AvgIpc) is 3.24. The quantitative estimate of drug-likeness (QED) is 0.0323. The third-order valence-corrected chi connectivity index (χ3v) is 10.7. The number of allylic oxidation sites excluding steroid dienone is 13. The molecule has 0 spiro atoms. The molecule has 3 atom stereocenters. The van der Waals surface area contributed by atoms with E-state index in [0.717, 1.165) is 83.5 Å². The lowest BCUT2D eigenvalue weighted by Gasteiger charge is -2.24. The second-order valence-corrected chi connectivity index (χ2v) is 16.5. The highest BCUT2D eigenvalue weighted by Crippen LogP contribution is 2.15. The largest absolute Gasteiger partial charge is 0.461 e. The van der Waals surface area contributed by atoms with Crippen LogP contribution in [0.3, 0.4) is 0 Å². The lowest BCUT2D eigenvalue weighted by Crippen LogP contribution is -2.46. The van der Waals surface area contributed by atoms with Crippen molar-refractivity contribution in [1.29, 1.82) is 0 Å². The normalized spacial score (nSPS) is 14.0. The van der Waals surface area contributed by atoms with Crippen LogP contribution in [0.25, 0.3) is 0 Å². The minimum absolute atomic E-state index is 0.00770. The van der Waals surface area contributed by atoms with Crippen LogP contribution in [0, 0.1) is 0 Å². The SMILES string of the molecule is CC/C=C\C/C=C\C/C=C\C/C=C\C/C=C\CC(CC(=O)NC(CO)C(O)CCCCCCCCCCC)OC(=O)CCCCCCCCC/C=C\C/C=C\CCCCC. The molecule has 0 rings (SSSR count). The van der Waals surface area contributed by atoms with Gasteiger partial charge in [0.05, 0.1) is 25.2 Å². The summed E-state index contributed by atoms with van der Waals surface area (Å²) >= 11 is 0. The summed E-state index contributed by atoms with van der Waals surface area (Å²) in [6, 6.07) is -0.736. The summed E-state index contributed by atoms with van der Waals surface area (Å²) in [4.78, 5) is 26.0. The second kappa shape index (κ2) is 47.1. The molecule has 0 heterocycles. The molecule has 0 aliphatic heterocycles. The van der Waals surface area contributed by atoms with E-state index in [9.17, 15) is 19.8 Å². The summed E-state index contributed by atoms with van der Waals surface area (Å²) in [5.41, 5.74) is 0. The van der Waals surface area contributed by atoms with Crippen molar-refractivity contribution in [2.75, 3.05) is 6.61 Å². The first-order valence-corrected chi connectivity index (χ1v) is 24.8. The number of hydrogen-bond acceptors (Lipinski definition) is 5. The molecule has 0 bridgehead atoms. The van der Waals surface area contributed by atoms with Crippen LogP contribution in [0.5, 0.6) is 0 Å². The maximum Gasteiger partial charge on any atom is 0.306 e. The van der Waals surface area contributed by atoms with E-state index < -0.39 is 18.2 Å². The van der Waals surface area contributed by atoms with E-state index in [-0.39, 0.29) is 24.9 Å². The molecule has 1 amide bonds. The van der Waals surface area contributed by atoms with Crippen LogP contribution in [0.2, 0.25) is 0 Å². The monoisotopic (exact) mass is 836 g/mol. The highest BCUT2D eigenvalue weighted by molar-refractivity contribution is 5.77. The first-order valence-electron chi connectivity index (χ1n) is 24.8. The topological polar surface area (TPSA) is 95.9 Å². The third kappa shape index (κ3) is 41.8. The van der Waals surface area contributed by atoms with Gasteiger partial charge in [-0.2, -0.15) is 0 Å². The molecule has 3 N–H and O–H groups in total. The molecule has 344 valence electrons. The highest BCUT2D eigenvalue weighted by Gasteiger charge is 2.23. The van der Waals surface area contributed by atoms with Crippen molar-refractivity contribution in [2.24, 2.45) is 0 Å². The Labute approximate surface area is 370 Å². The number of unbranched alkanes of at least 4 members (excludes halogenated alkanes) is 18. The number of amides is 1. The van der Waals surface area contributed by atoms with E-state index in [0.29, 0.717) is 19.3 Å². The van der Waals surface area contributed by atoms with Gasteiger partial charge in [-0.15, -0.1) is 0 Å². The van der Waals surface area contributed by atoms with Gasteiger partial charge in [0.1, 0.15) is 6.10 Å². The van der Waals surface area contributed by atoms with Gasteiger partial charge in [-0.25, -0.2) is 0 Å². The van der Waals surface area contributed by atoms with Gasteiger partial charge < -0.3 is 20.3 Å². The Morgan fingerprint density at radius 2 is 0.933 bits per heavy atom. The van der Waals surface area contributed by atoms with Crippen molar-refractivity contribution in [2.45, 2.75) is 238 Å². The maximum atomic E-state index is 13.1. The summed E-state index contributed by atoms with van der Waals surface area (Å²) in [5, 5.41) is 23.6. The number of aliphatic hydroxyl groups is 2. The van der Waals surface area contributed by atoms with E-state index in [1.54, 1.807) is 0 Å². The van der Waals surface area contributed by atoms with E-state index in [1.807, 2.05) is 12.2 Å². The second-order valence-electron chi connectivity index (χ2n) is 16.5. The number of carbonyl (C=O) groups is 2. The fourth-order valence-electron chi connectivity index (χ4n) is 6.95. The first kappa shape index (κ1) is 57.0. The van der Waals surface area contributed by atoms with Crippen molar-refractivity contribution in [3.63, 3.8) is 0 Å². The minimum Gasteiger partial charge on any atom is -0.461 e. The molecule has 0 aliphatic rings. The van der Waals surface area contributed by atoms with E-state index >= 15 is 0 Å². The van der Waals surface area contributed by atoms with Gasteiger partial charge in [0.25, 0.3) is 0 Å². The zero-order valence-corrected chi connectivity index (χ0v) is 39.1. The molecule has 0 aromatic carbocycles. The van der Waals surface area contributed by atoms with E-state index in [4.69, 9.17) is 4.74 Å². The summed E-state index contributed by atoms with van der Waals surface area (Å²) < 4.78 is 5.86. The molecule has 0 aliphatic carbocycles. The summed E-state index contributed by atoms with van der Waals surface area (Å²) in [5.74, 6) is -0.595. The van der Waals surface area contributed by atoms with Crippen LogP contribution in [0.15, 0.2) is 85.1 Å². The van der Waals surface area contributed by atoms with Crippen LogP contribution in [0.1, 0.15) is 220 Å². The van der Waals surface area contributed by atoms with Crippen molar-refractivity contribution < 1.29 is 24.5 Å². The van der Waals surface area contributed by atoms with E-state index in [2.05, 4.69) is 99.0 Å². The Morgan fingerprint density at radius 3 is 1.45 bits per heavy atom. The molecule has 60 heavy (non-hydrogen) atoms. The minimum atomic E-state index is -0.815. The van der Waals surface area contributed by atoms with Gasteiger partial charge >= 0.3 is 5.97 Å². The maximum absolute atomic E-state index is 13.1. The zero-order valence-electron chi connectivity index (χ0n) is 39.1. The number of hydrogen-bond donors (Lipinski definition) is 3. The predicted octanol–water partition coefficient (Wildman–Crippen LogP) is 14.8. The Hall–Kier alpha value is -2.96. The van der Waals surface area contributed by atoms with Crippen LogP contribution in [-0.2, 0) is 14.3 Å². The number of aliphatic hydroxyl groups excluding tert-OH is 2. The Bertz CT molecular complexity index is 1160. The molecular formula is C54H93NO5. The number of esters is 1. The number of nitrogens with one attached hydrogen (secondary N) is 1. The Morgan fingerprint density at radius 1 is 0.517 bits per heavy atom. The standard InChI is InChI=1S/C54H93NO5/c1-4-7-10-13-16-19-21-23-25-26-28-30-32-35-38-41-44-47-54(59)60-50(45-42-39-36-34-31-29-27-24-22-20-17-14-11-8-5-2)48-53(58)55-51(49-56)52(57)46-43-40-37-33-18-15-12-9-6-3/h8,11,16-17,19-20,23-25,27,31,34,39,42,50-52,56-57H,4-7,9-10,12-15,18,21-22,26,28-30,32-33,35-38,40-41,43-49H2,1-3H3,(H,55,58)/b11-8-,19-16-,20-17-,25-23-,27-24-,34-31-,42-39-. The van der Waals surface area contributed by atoms with Crippen molar-refractivity contribution in [1.82, 2.24) is 5.32 Å². The average molecular weight is 836 g/mol. The molecule has 0 radical (unpaired) electrons. The molecule has 0 saturated carbocycles. The van der Waals surface area contributed by atoms with Crippen LogP contribution < -0.4 is 5.32 Å². The zero-order chi connectivity index (χ0) is 43.8. The van der Waals surface area contributed by atoms with Gasteiger partial charge in [0.15, 0.2) is 0 Å². The lowest BCUT2D eigenvalue weighted by molar-refractivity contribution is -0.150. The Kier molecular flexibility index (Phi) is 44.8. The van der Waals surface area contributed by atoms with Crippen molar-refractivity contribution in [3.8, 4) is 0 Å². The van der Waals surface area contributed by atoms with Crippen LogP contribution in [-0.4, -0.2) is 46.9 Å². The van der Waals surface area contributed by atoms with Crippen molar-refractivity contribution in [3.05, 3.63) is 85.1 Å².